The molecule has 0 unspecified atom stereocenters. The summed E-state index contributed by atoms with van der Waals surface area (Å²) in [7, 11) is 1.90. The number of para-hydroxylation sites is 2. The SMILES string of the molecule is [2H]Cn1cc(C[C@H](N)C(=O)OCc2cc(C#Cc3cccc4cc([C@H](C)NC(=O)c5c(N)nn6cccnc56)n(-c5ccccc5)c(=O)c34)cn2C)c2ccccc21. The Hall–Kier alpha value is -7.43. The molecule has 5 heterocycles. The lowest BCUT2D eigenvalue weighted by Gasteiger charge is -2.21. The summed E-state index contributed by atoms with van der Waals surface area (Å²) < 4.78 is 20.1. The Balaban J connectivity index is 1.04. The van der Waals surface area contributed by atoms with E-state index in [0.29, 0.717) is 44.6 Å². The average molecular weight is 759 g/mol. The lowest BCUT2D eigenvalue weighted by Crippen LogP contribution is -2.34. The zero-order valence-corrected chi connectivity index (χ0v) is 31.2. The molecule has 0 saturated heterocycles. The number of hydrogen-bond acceptors (Lipinski definition) is 8. The number of aryl methyl sites for hydroxylation is 2. The summed E-state index contributed by atoms with van der Waals surface area (Å²) >= 11 is 0. The summed E-state index contributed by atoms with van der Waals surface area (Å²) in [6, 6.07) is 26.3. The molecule has 0 aliphatic carbocycles. The van der Waals surface area contributed by atoms with E-state index in [1.165, 1.54) is 4.52 Å². The van der Waals surface area contributed by atoms with E-state index >= 15 is 0 Å². The fourth-order valence-electron chi connectivity index (χ4n) is 7.13. The lowest BCUT2D eigenvalue weighted by molar-refractivity contribution is -0.146. The van der Waals surface area contributed by atoms with Crippen molar-refractivity contribution in [3.63, 3.8) is 0 Å². The number of ether oxygens (including phenoxy) is 1. The standard InChI is InChI=1S/C44H39N9O4/c1-27(48-42(54)39-40(46)49-52-20-10-19-47-41(39)52)37-23-30-12-9-11-29(38(30)43(55)53(37)32-13-5-4-6-14-32)18-17-28-21-33(50(2)24-28)26-57-44(56)35(45)22-31-25-51(3)36-16-8-7-15-34(31)36/h4-16,19-21,23-25,27,35H,22,26,45H2,1-3H3,(H2,46,49)(H,48,54)/t27-,35-/m0/s1/i3D. The number of nitrogens with zero attached hydrogens (tertiary/aromatic N) is 6. The number of rotatable bonds is 9. The van der Waals surface area contributed by atoms with Crippen LogP contribution in [-0.2, 0) is 36.6 Å². The van der Waals surface area contributed by atoms with Gasteiger partial charge in [-0.15, -0.1) is 5.10 Å². The van der Waals surface area contributed by atoms with Crippen LogP contribution < -0.4 is 22.3 Å². The highest BCUT2D eigenvalue weighted by molar-refractivity contribution is 6.04. The number of fused-ring (bicyclic) bond motifs is 3. The third-order valence-corrected chi connectivity index (χ3v) is 9.96. The number of anilines is 1. The highest BCUT2D eigenvalue weighted by Gasteiger charge is 2.24. The molecule has 1 amide bonds. The number of pyridine rings is 1. The number of hydrogen-bond donors (Lipinski definition) is 3. The molecule has 0 aliphatic heterocycles. The van der Waals surface area contributed by atoms with Crippen LogP contribution in [0.25, 0.3) is 33.0 Å². The summed E-state index contributed by atoms with van der Waals surface area (Å²) in [5.74, 6) is 5.41. The third kappa shape index (κ3) is 7.01. The molecule has 5 aromatic heterocycles. The number of amides is 1. The largest absolute Gasteiger partial charge is 0.458 e. The van der Waals surface area contributed by atoms with Gasteiger partial charge in [-0.2, -0.15) is 0 Å². The van der Waals surface area contributed by atoms with Gasteiger partial charge in [0.1, 0.15) is 18.2 Å². The Labute approximate surface area is 328 Å². The van der Waals surface area contributed by atoms with Gasteiger partial charge in [-0.3, -0.25) is 19.0 Å². The quantitative estimate of drug-likeness (QED) is 0.137. The molecule has 284 valence electrons. The van der Waals surface area contributed by atoms with Crippen molar-refractivity contribution in [1.29, 1.82) is 0 Å². The fourth-order valence-corrected chi connectivity index (χ4v) is 7.13. The number of nitrogen functional groups attached to an aromatic ring is 1. The lowest BCUT2D eigenvalue weighted by atomic mass is 10.0. The van der Waals surface area contributed by atoms with Crippen LogP contribution in [0.3, 0.4) is 0 Å². The van der Waals surface area contributed by atoms with Crippen LogP contribution in [0.2, 0.25) is 0 Å². The number of benzene rings is 3. The van der Waals surface area contributed by atoms with E-state index in [2.05, 4.69) is 27.2 Å². The second-order valence-corrected chi connectivity index (χ2v) is 13.8. The van der Waals surface area contributed by atoms with Crippen molar-refractivity contribution in [3.05, 3.63) is 160 Å². The van der Waals surface area contributed by atoms with Crippen LogP contribution in [0.1, 0.15) is 52.8 Å². The highest BCUT2D eigenvalue weighted by atomic mass is 16.5. The zero-order valence-electron chi connectivity index (χ0n) is 32.2. The topological polar surface area (TPSA) is 169 Å². The van der Waals surface area contributed by atoms with Crippen molar-refractivity contribution < 1.29 is 15.7 Å². The Morgan fingerprint density at radius 3 is 2.61 bits per heavy atom. The van der Waals surface area contributed by atoms with Crippen molar-refractivity contribution in [2.24, 2.45) is 19.8 Å². The van der Waals surface area contributed by atoms with E-state index in [9.17, 15) is 14.4 Å². The highest BCUT2D eigenvalue weighted by Crippen LogP contribution is 2.25. The van der Waals surface area contributed by atoms with Crippen LogP contribution >= 0.6 is 0 Å². The number of aromatic nitrogens is 6. The van der Waals surface area contributed by atoms with Crippen LogP contribution in [0.5, 0.6) is 0 Å². The van der Waals surface area contributed by atoms with Gasteiger partial charge in [-0.05, 0) is 60.3 Å². The average Bonchev–Trinajstić information content (AvgIpc) is 3.90. The van der Waals surface area contributed by atoms with E-state index in [-0.39, 0.29) is 37.0 Å². The number of nitrogens with two attached hydrogens (primary N) is 2. The van der Waals surface area contributed by atoms with E-state index in [0.717, 1.165) is 16.5 Å². The molecule has 0 saturated carbocycles. The van der Waals surface area contributed by atoms with Crippen LogP contribution in [0.15, 0.2) is 121 Å². The van der Waals surface area contributed by atoms with Crippen LogP contribution in [-0.4, -0.2) is 46.2 Å². The van der Waals surface area contributed by atoms with E-state index in [1.54, 1.807) is 36.0 Å². The molecule has 0 radical (unpaired) electrons. The van der Waals surface area contributed by atoms with E-state index < -0.39 is 24.0 Å². The fraction of sp³-hybridized carbons (Fsp3) is 0.159. The van der Waals surface area contributed by atoms with Crippen molar-refractivity contribution in [2.45, 2.75) is 32.0 Å². The Morgan fingerprint density at radius 2 is 1.79 bits per heavy atom. The van der Waals surface area contributed by atoms with Crippen LogP contribution in [0.4, 0.5) is 5.82 Å². The van der Waals surface area contributed by atoms with Crippen molar-refractivity contribution in [1.82, 2.24) is 33.6 Å². The van der Waals surface area contributed by atoms with Gasteiger partial charge in [-0.1, -0.05) is 60.4 Å². The van der Waals surface area contributed by atoms with E-state index in [4.69, 9.17) is 17.6 Å². The van der Waals surface area contributed by atoms with Crippen molar-refractivity contribution in [3.8, 4) is 17.5 Å². The Bertz CT molecular complexity index is 2990. The predicted molar refractivity (Wildman–Crippen MR) is 219 cm³/mol. The van der Waals surface area contributed by atoms with E-state index in [1.807, 2.05) is 107 Å². The number of carbonyl (C=O) groups excluding carboxylic acids is 2. The maximum absolute atomic E-state index is 14.6. The van der Waals surface area contributed by atoms with Crippen LogP contribution in [0, 0.1) is 11.8 Å². The van der Waals surface area contributed by atoms with Gasteiger partial charge in [0.15, 0.2) is 11.5 Å². The first kappa shape index (κ1) is 35.3. The normalized spacial score (nSPS) is 12.6. The van der Waals surface area contributed by atoms with Crippen molar-refractivity contribution in [2.75, 3.05) is 5.73 Å². The van der Waals surface area contributed by atoms with Gasteiger partial charge in [0, 0.05) is 80.1 Å². The predicted octanol–water partition coefficient (Wildman–Crippen LogP) is 4.95. The number of nitrogens with one attached hydrogen (secondary N) is 1. The Morgan fingerprint density at radius 1 is 0.982 bits per heavy atom. The summed E-state index contributed by atoms with van der Waals surface area (Å²) in [6.07, 6.45) is 7.18. The summed E-state index contributed by atoms with van der Waals surface area (Å²) in [5.41, 5.74) is 17.4. The molecular formula is C44H39N9O4. The van der Waals surface area contributed by atoms with Gasteiger partial charge in [0.2, 0.25) is 0 Å². The summed E-state index contributed by atoms with van der Waals surface area (Å²) in [6.45, 7) is 1.79. The maximum atomic E-state index is 14.6. The molecule has 8 rings (SSSR count). The molecule has 13 heteroatoms. The third-order valence-electron chi connectivity index (χ3n) is 9.96. The summed E-state index contributed by atoms with van der Waals surface area (Å²) in [4.78, 5) is 45.4. The molecule has 0 aliphatic rings. The molecule has 0 bridgehead atoms. The molecule has 3 aromatic carbocycles. The first-order chi connectivity index (χ1) is 28.1. The minimum absolute atomic E-state index is 0.00670. The number of carbonyl (C=O) groups is 2. The van der Waals surface area contributed by atoms with Gasteiger partial charge in [0.05, 0.1) is 17.1 Å². The number of esters is 1. The minimum atomic E-state index is -0.885. The second-order valence-electron chi connectivity index (χ2n) is 13.8. The monoisotopic (exact) mass is 758 g/mol. The molecule has 5 N–H and O–H groups in total. The second kappa shape index (κ2) is 15.0. The Kier molecular flexibility index (Phi) is 9.29. The van der Waals surface area contributed by atoms with Crippen molar-refractivity contribution >= 4 is 45.0 Å². The summed E-state index contributed by atoms with van der Waals surface area (Å²) in [5, 5.41) is 9.23. The van der Waals surface area contributed by atoms with Gasteiger partial charge >= 0.3 is 5.97 Å². The molecule has 0 fully saturated rings. The molecular weight excluding hydrogens is 719 g/mol. The van der Waals surface area contributed by atoms with Gasteiger partial charge in [-0.25, -0.2) is 9.50 Å². The minimum Gasteiger partial charge on any atom is -0.458 e. The molecule has 2 atom stereocenters. The molecule has 0 spiro atoms. The van der Waals surface area contributed by atoms with Gasteiger partial charge in [0.25, 0.3) is 11.5 Å². The first-order valence-electron chi connectivity index (χ1n) is 18.9. The molecule has 13 nitrogen and oxygen atoms in total. The maximum Gasteiger partial charge on any atom is 0.323 e. The molecule has 8 aromatic rings. The molecule has 57 heavy (non-hydrogen) atoms. The van der Waals surface area contributed by atoms with Gasteiger partial charge < -0.3 is 30.7 Å². The smallest absolute Gasteiger partial charge is 0.323 e. The zero-order chi connectivity index (χ0) is 40.5. The first-order valence-corrected chi connectivity index (χ1v) is 18.2.